The molecule has 5 nitrogen and oxygen atoms in total. The van der Waals surface area contributed by atoms with Crippen LogP contribution in [0.2, 0.25) is 0 Å². The quantitative estimate of drug-likeness (QED) is 0.858. The number of halogens is 3. The van der Waals surface area contributed by atoms with Crippen LogP contribution in [0, 0.1) is 0 Å². The number of phenols is 1. The molecule has 3 rings (SSSR count). The molecule has 1 atom stereocenters. The van der Waals surface area contributed by atoms with E-state index in [1.807, 2.05) is 6.92 Å². The zero-order chi connectivity index (χ0) is 19.8. The molecule has 1 amide bonds. The predicted octanol–water partition coefficient (Wildman–Crippen LogP) is 3.56. The van der Waals surface area contributed by atoms with Crippen molar-refractivity contribution in [2.24, 2.45) is 5.10 Å². The maximum absolute atomic E-state index is 13.2. The highest BCUT2D eigenvalue weighted by molar-refractivity contribution is 5.99. The molecule has 0 unspecified atom stereocenters. The lowest BCUT2D eigenvalue weighted by atomic mass is 9.95. The molecule has 2 N–H and O–H groups in total. The van der Waals surface area contributed by atoms with E-state index in [1.54, 1.807) is 12.1 Å². The van der Waals surface area contributed by atoms with Crippen LogP contribution < -0.4 is 0 Å². The van der Waals surface area contributed by atoms with Crippen molar-refractivity contribution < 1.29 is 28.2 Å². The third-order valence-electron chi connectivity index (χ3n) is 4.44. The minimum absolute atomic E-state index is 0.0106. The van der Waals surface area contributed by atoms with Crippen LogP contribution in [0.3, 0.4) is 0 Å². The van der Waals surface area contributed by atoms with Gasteiger partial charge in [-0.25, -0.2) is 0 Å². The molecule has 0 fully saturated rings. The largest absolute Gasteiger partial charge is 0.508 e. The van der Waals surface area contributed by atoms with Gasteiger partial charge in [0.15, 0.2) is 5.72 Å². The number of aliphatic hydroxyl groups is 1. The molecule has 0 radical (unpaired) electrons. The lowest BCUT2D eigenvalue weighted by Gasteiger charge is -2.31. The third kappa shape index (κ3) is 3.52. The predicted molar refractivity (Wildman–Crippen MR) is 92.1 cm³/mol. The summed E-state index contributed by atoms with van der Waals surface area (Å²) >= 11 is 0. The topological polar surface area (TPSA) is 73.1 Å². The minimum Gasteiger partial charge on any atom is -0.508 e. The molecule has 2 aromatic carbocycles. The number of benzene rings is 2. The number of phenolic OH excluding ortho intramolecular Hbond substituents is 1. The molecule has 1 heterocycles. The second-order valence-corrected chi connectivity index (χ2v) is 6.25. The highest BCUT2D eigenvalue weighted by Crippen LogP contribution is 2.40. The summed E-state index contributed by atoms with van der Waals surface area (Å²) in [6.07, 6.45) is -4.92. The molecule has 0 bridgehead atoms. The van der Waals surface area contributed by atoms with Crippen molar-refractivity contribution in [3.05, 3.63) is 65.2 Å². The van der Waals surface area contributed by atoms with Gasteiger partial charge in [-0.2, -0.15) is 23.3 Å². The van der Waals surface area contributed by atoms with Gasteiger partial charge < -0.3 is 10.2 Å². The van der Waals surface area contributed by atoms with Gasteiger partial charge in [0.1, 0.15) is 11.5 Å². The van der Waals surface area contributed by atoms with E-state index in [-0.39, 0.29) is 16.9 Å². The number of alkyl halides is 3. The van der Waals surface area contributed by atoms with Crippen LogP contribution in [0.1, 0.15) is 34.8 Å². The Morgan fingerprint density at radius 2 is 1.74 bits per heavy atom. The van der Waals surface area contributed by atoms with Gasteiger partial charge in [0.2, 0.25) is 0 Å². The van der Waals surface area contributed by atoms with E-state index in [1.165, 1.54) is 36.4 Å². The van der Waals surface area contributed by atoms with Crippen molar-refractivity contribution in [2.75, 3.05) is 0 Å². The maximum atomic E-state index is 13.2. The van der Waals surface area contributed by atoms with Crippen molar-refractivity contribution in [3.63, 3.8) is 0 Å². The Bertz CT molecular complexity index is 877. The molecule has 0 aliphatic carbocycles. The van der Waals surface area contributed by atoms with Crippen molar-refractivity contribution >= 4 is 11.6 Å². The Morgan fingerprint density at radius 3 is 2.26 bits per heavy atom. The summed E-state index contributed by atoms with van der Waals surface area (Å²) < 4.78 is 39.7. The van der Waals surface area contributed by atoms with E-state index in [9.17, 15) is 28.2 Å². The van der Waals surface area contributed by atoms with Gasteiger partial charge in [0.05, 0.1) is 6.42 Å². The van der Waals surface area contributed by atoms with Crippen LogP contribution in [0.5, 0.6) is 5.75 Å². The van der Waals surface area contributed by atoms with Crippen molar-refractivity contribution in [3.8, 4) is 5.75 Å². The molecule has 0 spiro atoms. The van der Waals surface area contributed by atoms with Gasteiger partial charge in [0, 0.05) is 11.1 Å². The van der Waals surface area contributed by atoms with Crippen LogP contribution >= 0.6 is 0 Å². The fourth-order valence-electron chi connectivity index (χ4n) is 2.88. The number of nitrogens with zero attached hydrogens (tertiary/aromatic N) is 2. The summed E-state index contributed by atoms with van der Waals surface area (Å²) in [5.74, 6) is -1.01. The van der Waals surface area contributed by atoms with Gasteiger partial charge in [-0.15, -0.1) is 0 Å². The van der Waals surface area contributed by atoms with Gasteiger partial charge in [-0.05, 0) is 36.2 Å². The van der Waals surface area contributed by atoms with Crippen molar-refractivity contribution in [1.29, 1.82) is 0 Å². The smallest absolute Gasteiger partial charge is 0.431 e. The fourth-order valence-corrected chi connectivity index (χ4v) is 2.88. The lowest BCUT2D eigenvalue weighted by molar-refractivity contribution is -0.0816. The van der Waals surface area contributed by atoms with Crippen LogP contribution in [-0.4, -0.2) is 33.0 Å². The summed E-state index contributed by atoms with van der Waals surface area (Å²) in [7, 11) is 0. The SMILES string of the molecule is CCc1ccc([C@@]2(O)CC(C(F)(F)F)=NN2C(=O)c2ccc(O)cc2)cc1. The number of aryl methyl sites for hydroxylation is 1. The summed E-state index contributed by atoms with van der Waals surface area (Å²) in [5, 5.41) is 24.2. The first-order valence-corrected chi connectivity index (χ1v) is 8.25. The van der Waals surface area contributed by atoms with Gasteiger partial charge in [-0.1, -0.05) is 31.2 Å². The molecule has 1 aliphatic rings. The number of rotatable bonds is 3. The first-order chi connectivity index (χ1) is 12.6. The van der Waals surface area contributed by atoms with E-state index in [2.05, 4.69) is 5.10 Å². The molecule has 0 aromatic heterocycles. The monoisotopic (exact) mass is 378 g/mol. The zero-order valence-electron chi connectivity index (χ0n) is 14.4. The molecule has 0 saturated carbocycles. The van der Waals surface area contributed by atoms with E-state index >= 15 is 0 Å². The summed E-state index contributed by atoms with van der Waals surface area (Å²) in [6, 6.07) is 11.3. The Kier molecular flexibility index (Phi) is 4.69. The second-order valence-electron chi connectivity index (χ2n) is 6.25. The van der Waals surface area contributed by atoms with E-state index in [0.29, 0.717) is 5.01 Å². The lowest BCUT2D eigenvalue weighted by Crippen LogP contribution is -2.43. The van der Waals surface area contributed by atoms with Crippen LogP contribution in [-0.2, 0) is 12.1 Å². The third-order valence-corrected chi connectivity index (χ3v) is 4.44. The highest BCUT2D eigenvalue weighted by atomic mass is 19.4. The standard InChI is InChI=1S/C19H17F3N2O3/c1-2-12-3-7-14(8-4-12)18(27)11-16(19(20,21)22)23-24(18)17(26)13-5-9-15(25)10-6-13/h3-10,25,27H,2,11H2,1H3/t18-/m0/s1. The fraction of sp³-hybridized carbons (Fsp3) is 0.263. The Hall–Kier alpha value is -2.87. The van der Waals surface area contributed by atoms with Crippen molar-refractivity contribution in [2.45, 2.75) is 31.7 Å². The number of carbonyl (C=O) groups excluding carboxylic acids is 1. The zero-order valence-corrected chi connectivity index (χ0v) is 14.4. The van der Waals surface area contributed by atoms with Crippen LogP contribution in [0.4, 0.5) is 13.2 Å². The maximum Gasteiger partial charge on any atom is 0.431 e. The molecular weight excluding hydrogens is 361 g/mol. The van der Waals surface area contributed by atoms with Crippen molar-refractivity contribution in [1.82, 2.24) is 5.01 Å². The molecule has 8 heteroatoms. The minimum atomic E-state index is -4.78. The van der Waals surface area contributed by atoms with Crippen LogP contribution in [0.15, 0.2) is 53.6 Å². The average Bonchev–Trinajstić information content (AvgIpc) is 3.01. The number of hydrazone groups is 1. The first kappa shape index (κ1) is 18.9. The number of aromatic hydroxyl groups is 1. The number of hydrogen-bond acceptors (Lipinski definition) is 4. The highest BCUT2D eigenvalue weighted by Gasteiger charge is 2.53. The Morgan fingerprint density at radius 1 is 1.15 bits per heavy atom. The molecule has 2 aromatic rings. The number of hydrogen-bond donors (Lipinski definition) is 2. The first-order valence-electron chi connectivity index (χ1n) is 8.25. The molecule has 0 saturated heterocycles. The van der Waals surface area contributed by atoms with Gasteiger partial charge in [0.25, 0.3) is 5.91 Å². The van der Waals surface area contributed by atoms with E-state index in [0.717, 1.165) is 12.0 Å². The molecule has 1 aliphatic heterocycles. The number of amides is 1. The van der Waals surface area contributed by atoms with E-state index < -0.39 is 29.9 Å². The van der Waals surface area contributed by atoms with Gasteiger partial charge in [-0.3, -0.25) is 4.79 Å². The second kappa shape index (κ2) is 6.70. The summed E-state index contributed by atoms with van der Waals surface area (Å²) in [4.78, 5) is 12.8. The normalized spacial score (nSPS) is 19.9. The molecule has 27 heavy (non-hydrogen) atoms. The van der Waals surface area contributed by atoms with Crippen LogP contribution in [0.25, 0.3) is 0 Å². The summed E-state index contributed by atoms with van der Waals surface area (Å²) in [6.45, 7) is 1.92. The average molecular weight is 378 g/mol. The molecular formula is C19H17F3N2O3. The number of carbonyl (C=O) groups is 1. The van der Waals surface area contributed by atoms with E-state index in [4.69, 9.17) is 0 Å². The Balaban J connectivity index is 2.05. The molecule has 142 valence electrons. The Labute approximate surface area is 153 Å². The van der Waals surface area contributed by atoms with Gasteiger partial charge >= 0.3 is 6.18 Å². The summed E-state index contributed by atoms with van der Waals surface area (Å²) in [5.41, 5.74) is -2.43.